The molecular weight excluding hydrogens is 274 g/mol. The highest BCUT2D eigenvalue weighted by Crippen LogP contribution is 2.64. The van der Waals surface area contributed by atoms with Crippen LogP contribution in [0.2, 0.25) is 0 Å². The van der Waals surface area contributed by atoms with Crippen molar-refractivity contribution in [2.75, 3.05) is 0 Å². The third-order valence-electron chi connectivity index (χ3n) is 5.88. The van der Waals surface area contributed by atoms with Crippen LogP contribution in [-0.2, 0) is 19.1 Å². The van der Waals surface area contributed by atoms with Crippen LogP contribution in [0, 0.1) is 16.7 Å². The fourth-order valence-electron chi connectivity index (χ4n) is 4.41. The first-order valence-electron chi connectivity index (χ1n) is 7.43. The molecule has 6 heteroatoms. The Labute approximate surface area is 123 Å². The Balaban J connectivity index is 2.10. The van der Waals surface area contributed by atoms with Gasteiger partial charge in [-0.1, -0.05) is 13.8 Å². The first kappa shape index (κ1) is 14.5. The van der Waals surface area contributed by atoms with Gasteiger partial charge in [-0.15, -0.1) is 0 Å². The number of carbonyl (C=O) groups excluding carboxylic acids is 2. The second-order valence-electron chi connectivity index (χ2n) is 7.10. The zero-order chi connectivity index (χ0) is 15.7. The van der Waals surface area contributed by atoms with Gasteiger partial charge in [-0.25, -0.2) is 4.79 Å². The molecule has 3 aliphatic heterocycles. The summed E-state index contributed by atoms with van der Waals surface area (Å²) >= 11 is 0. The minimum atomic E-state index is -1.13. The summed E-state index contributed by atoms with van der Waals surface area (Å²) in [6, 6.07) is -1.11. The lowest BCUT2D eigenvalue weighted by Gasteiger charge is -2.36. The molecule has 116 valence electrons. The van der Waals surface area contributed by atoms with Crippen molar-refractivity contribution in [3.05, 3.63) is 0 Å². The normalized spacial score (nSPS) is 42.8. The average molecular weight is 295 g/mol. The molecule has 0 aromatic carbocycles. The molecule has 0 spiro atoms. The lowest BCUT2D eigenvalue weighted by molar-refractivity contribution is -0.160. The summed E-state index contributed by atoms with van der Waals surface area (Å²) in [4.78, 5) is 38.4. The van der Waals surface area contributed by atoms with E-state index in [9.17, 15) is 19.5 Å². The van der Waals surface area contributed by atoms with Gasteiger partial charge in [0.15, 0.2) is 0 Å². The Kier molecular flexibility index (Phi) is 2.81. The molecule has 1 unspecified atom stereocenters. The summed E-state index contributed by atoms with van der Waals surface area (Å²) in [6.07, 6.45) is 0.942. The van der Waals surface area contributed by atoms with Gasteiger partial charge in [-0.2, -0.15) is 0 Å². The number of fused-ring (bicyclic) bond motifs is 5. The number of hydrogen-bond acceptors (Lipinski definition) is 4. The van der Waals surface area contributed by atoms with Crippen molar-refractivity contribution in [2.45, 2.75) is 58.8 Å². The molecule has 3 saturated heterocycles. The van der Waals surface area contributed by atoms with E-state index in [1.165, 1.54) is 0 Å². The maximum Gasteiger partial charge on any atom is 0.327 e. The molecule has 5 atom stereocenters. The molecular formula is C15H21NO5. The quantitative estimate of drug-likeness (QED) is 0.786. The second kappa shape index (κ2) is 4.06. The monoisotopic (exact) mass is 295 g/mol. The van der Waals surface area contributed by atoms with Crippen LogP contribution in [0.3, 0.4) is 0 Å². The number of carbonyl (C=O) groups is 3. The van der Waals surface area contributed by atoms with Gasteiger partial charge in [-0.05, 0) is 32.6 Å². The van der Waals surface area contributed by atoms with Crippen molar-refractivity contribution < 1.29 is 24.2 Å². The van der Waals surface area contributed by atoms with Crippen LogP contribution in [0.15, 0.2) is 0 Å². The molecule has 0 saturated carbocycles. The molecule has 2 bridgehead atoms. The number of amides is 2. The Morgan fingerprint density at radius 3 is 1.95 bits per heavy atom. The minimum Gasteiger partial charge on any atom is -0.480 e. The molecule has 0 aliphatic carbocycles. The summed E-state index contributed by atoms with van der Waals surface area (Å²) < 4.78 is 5.82. The Hall–Kier alpha value is -1.43. The predicted molar refractivity (Wildman–Crippen MR) is 72.2 cm³/mol. The van der Waals surface area contributed by atoms with Gasteiger partial charge in [0.1, 0.15) is 6.04 Å². The predicted octanol–water partition coefficient (Wildman–Crippen LogP) is 1.04. The maximum absolute atomic E-state index is 12.9. The van der Waals surface area contributed by atoms with Crippen LogP contribution in [0.1, 0.15) is 40.5 Å². The van der Waals surface area contributed by atoms with Gasteiger partial charge in [0.25, 0.3) is 0 Å². The Morgan fingerprint density at radius 2 is 1.62 bits per heavy atom. The van der Waals surface area contributed by atoms with E-state index in [1.807, 2.05) is 0 Å². The molecule has 3 heterocycles. The van der Waals surface area contributed by atoms with Gasteiger partial charge < -0.3 is 9.84 Å². The number of carboxylic acid groups (broad SMARTS) is 1. The number of imide groups is 1. The highest BCUT2D eigenvalue weighted by molar-refractivity contribution is 6.12. The van der Waals surface area contributed by atoms with Gasteiger partial charge in [0.05, 0.1) is 23.0 Å². The summed E-state index contributed by atoms with van der Waals surface area (Å²) in [5.74, 6) is -2.24. The van der Waals surface area contributed by atoms with E-state index in [4.69, 9.17) is 4.74 Å². The van der Waals surface area contributed by atoms with E-state index in [0.717, 1.165) is 17.7 Å². The Morgan fingerprint density at radius 1 is 1.19 bits per heavy atom. The van der Waals surface area contributed by atoms with E-state index in [2.05, 4.69) is 0 Å². The number of carboxylic acids is 1. The van der Waals surface area contributed by atoms with Crippen molar-refractivity contribution in [2.24, 2.45) is 16.7 Å². The van der Waals surface area contributed by atoms with Crippen molar-refractivity contribution in [1.82, 2.24) is 4.90 Å². The smallest absolute Gasteiger partial charge is 0.327 e. The van der Waals surface area contributed by atoms with Crippen molar-refractivity contribution >= 4 is 17.8 Å². The number of nitrogens with zero attached hydrogens (tertiary/aromatic N) is 1. The standard InChI is InChI=1S/C15H21NO5/c1-7(2)10(11(17)18)16-12(19)14(3)8-5-6-9(21-8)15(14,4)13(16)20/h7-10H,5-6H2,1-4H3,(H,17,18)/t8-,9+,10?,14+,15-. The van der Waals surface area contributed by atoms with Crippen molar-refractivity contribution in [3.8, 4) is 0 Å². The summed E-state index contributed by atoms with van der Waals surface area (Å²) in [6.45, 7) is 6.94. The highest BCUT2D eigenvalue weighted by Gasteiger charge is 2.78. The van der Waals surface area contributed by atoms with Gasteiger partial charge in [-0.3, -0.25) is 14.5 Å². The fraction of sp³-hybridized carbons (Fsp3) is 0.800. The lowest BCUT2D eigenvalue weighted by atomic mass is 9.59. The maximum atomic E-state index is 12.9. The topological polar surface area (TPSA) is 83.9 Å². The summed E-state index contributed by atoms with van der Waals surface area (Å²) in [7, 11) is 0. The molecule has 21 heavy (non-hydrogen) atoms. The lowest BCUT2D eigenvalue weighted by Crippen LogP contribution is -2.50. The van der Waals surface area contributed by atoms with E-state index in [0.29, 0.717) is 0 Å². The molecule has 1 N–H and O–H groups in total. The molecule has 0 radical (unpaired) electrons. The number of likely N-dealkylation sites (tertiary alicyclic amines) is 1. The molecule has 6 nitrogen and oxygen atoms in total. The number of ether oxygens (including phenoxy) is 1. The SMILES string of the molecule is CC(C)C(C(=O)O)N1C(=O)[C@@]2(C)[C@@H]3CC[C@@H](O3)[C@@]2(C)C1=O. The van der Waals surface area contributed by atoms with Gasteiger partial charge in [0.2, 0.25) is 11.8 Å². The van der Waals surface area contributed by atoms with E-state index in [-0.39, 0.29) is 29.9 Å². The van der Waals surface area contributed by atoms with E-state index >= 15 is 0 Å². The van der Waals surface area contributed by atoms with Crippen LogP contribution in [0.5, 0.6) is 0 Å². The minimum absolute atomic E-state index is 0.282. The van der Waals surface area contributed by atoms with Crippen LogP contribution >= 0.6 is 0 Å². The average Bonchev–Trinajstić information content (AvgIpc) is 2.99. The second-order valence-corrected chi connectivity index (χ2v) is 7.10. The number of rotatable bonds is 3. The molecule has 0 aromatic heterocycles. The van der Waals surface area contributed by atoms with Gasteiger partial charge >= 0.3 is 5.97 Å². The van der Waals surface area contributed by atoms with Crippen molar-refractivity contribution in [1.29, 1.82) is 0 Å². The number of hydrogen-bond donors (Lipinski definition) is 1. The molecule has 2 amide bonds. The zero-order valence-corrected chi connectivity index (χ0v) is 12.8. The van der Waals surface area contributed by atoms with Crippen LogP contribution in [0.4, 0.5) is 0 Å². The van der Waals surface area contributed by atoms with Crippen LogP contribution in [-0.4, -0.2) is 46.0 Å². The zero-order valence-electron chi connectivity index (χ0n) is 12.8. The van der Waals surface area contributed by atoms with E-state index in [1.54, 1.807) is 27.7 Å². The number of aliphatic carboxylic acids is 1. The third-order valence-corrected chi connectivity index (χ3v) is 5.88. The molecule has 3 rings (SSSR count). The van der Waals surface area contributed by atoms with Gasteiger partial charge in [0, 0.05) is 0 Å². The molecule has 3 fully saturated rings. The van der Waals surface area contributed by atoms with Crippen molar-refractivity contribution in [3.63, 3.8) is 0 Å². The first-order chi connectivity index (χ1) is 9.67. The summed E-state index contributed by atoms with van der Waals surface area (Å²) in [5, 5.41) is 9.44. The first-order valence-corrected chi connectivity index (χ1v) is 7.43. The fourth-order valence-corrected chi connectivity index (χ4v) is 4.41. The molecule has 3 aliphatic rings. The van der Waals surface area contributed by atoms with Crippen LogP contribution < -0.4 is 0 Å². The van der Waals surface area contributed by atoms with Crippen LogP contribution in [0.25, 0.3) is 0 Å². The largest absolute Gasteiger partial charge is 0.480 e. The summed E-state index contributed by atoms with van der Waals surface area (Å²) in [5.41, 5.74) is -1.87. The van der Waals surface area contributed by atoms with E-state index < -0.39 is 22.8 Å². The highest BCUT2D eigenvalue weighted by atomic mass is 16.5. The molecule has 0 aromatic rings. The Bertz CT molecular complexity index is 510. The third kappa shape index (κ3) is 1.39.